The molecule has 1 N–H and O–H groups in total. The lowest BCUT2D eigenvalue weighted by atomic mass is 9.83. The van der Waals surface area contributed by atoms with Crippen molar-refractivity contribution in [1.29, 1.82) is 0 Å². The minimum absolute atomic E-state index is 0.0528. The number of ether oxygens (including phenoxy) is 1. The molecule has 3 heteroatoms. The molecule has 1 heterocycles. The zero-order valence-corrected chi connectivity index (χ0v) is 11.8. The fourth-order valence-corrected chi connectivity index (χ4v) is 3.16. The quantitative estimate of drug-likeness (QED) is 0.544. The van der Waals surface area contributed by atoms with Crippen LogP contribution in [0.1, 0.15) is 23.5 Å². The Bertz CT molecular complexity index is 868. The summed E-state index contributed by atoms with van der Waals surface area (Å²) in [4.78, 5) is 11.9. The first-order valence-electron chi connectivity index (χ1n) is 7.23. The zero-order chi connectivity index (χ0) is 15.1. The molecule has 1 unspecified atom stereocenters. The number of phenolic OH excluding ortho intramolecular Hbond substituents is 1. The molecule has 108 valence electrons. The summed E-state index contributed by atoms with van der Waals surface area (Å²) in [6.07, 6.45) is 0.311. The highest BCUT2D eigenvalue weighted by atomic mass is 16.5. The average Bonchev–Trinajstić information content (AvgIpc) is 2.54. The molecule has 0 aromatic heterocycles. The molecule has 0 saturated heterocycles. The van der Waals surface area contributed by atoms with Gasteiger partial charge in [-0.15, -0.1) is 0 Å². The molecule has 0 fully saturated rings. The number of hydrogen-bond donors (Lipinski definition) is 1. The predicted octanol–water partition coefficient (Wildman–Crippen LogP) is 3.99. The van der Waals surface area contributed by atoms with Crippen LogP contribution in [0.5, 0.6) is 11.5 Å². The Hall–Kier alpha value is -2.81. The van der Waals surface area contributed by atoms with Crippen LogP contribution in [0.15, 0.2) is 60.7 Å². The maximum absolute atomic E-state index is 11.9. The molecule has 3 aromatic carbocycles. The van der Waals surface area contributed by atoms with Crippen LogP contribution in [0, 0.1) is 0 Å². The lowest BCUT2D eigenvalue weighted by molar-refractivity contribution is -0.135. The minimum atomic E-state index is -0.221. The van der Waals surface area contributed by atoms with Crippen molar-refractivity contribution in [2.24, 2.45) is 0 Å². The second kappa shape index (κ2) is 4.88. The minimum Gasteiger partial charge on any atom is -0.508 e. The van der Waals surface area contributed by atoms with Crippen molar-refractivity contribution in [2.45, 2.75) is 12.3 Å². The van der Waals surface area contributed by atoms with Gasteiger partial charge in [0.05, 0.1) is 6.42 Å². The lowest BCUT2D eigenvalue weighted by Crippen LogP contribution is -2.21. The average molecular weight is 290 g/mol. The van der Waals surface area contributed by atoms with Gasteiger partial charge in [-0.1, -0.05) is 42.5 Å². The molecule has 0 amide bonds. The molecule has 4 rings (SSSR count). The standard InChI is InChI=1S/C19H14O3/c20-14-8-6-13-7-9-17-19(15(13)10-14)16(11-18(21)22-17)12-4-2-1-3-5-12/h1-10,16,20H,11H2. The van der Waals surface area contributed by atoms with E-state index in [2.05, 4.69) is 0 Å². The van der Waals surface area contributed by atoms with Crippen molar-refractivity contribution >= 4 is 16.7 Å². The number of carbonyl (C=O) groups is 1. The Morgan fingerprint density at radius 2 is 1.77 bits per heavy atom. The Kier molecular flexibility index (Phi) is 2.86. The van der Waals surface area contributed by atoms with Crippen LogP contribution < -0.4 is 4.74 Å². The Morgan fingerprint density at radius 3 is 2.59 bits per heavy atom. The molecule has 1 aliphatic rings. The first kappa shape index (κ1) is 12.9. The van der Waals surface area contributed by atoms with Gasteiger partial charge in [0.15, 0.2) is 0 Å². The monoisotopic (exact) mass is 290 g/mol. The van der Waals surface area contributed by atoms with Gasteiger partial charge in [-0.3, -0.25) is 4.79 Å². The SMILES string of the molecule is O=C1CC(c2ccccc2)c2c(ccc3ccc(O)cc23)O1. The van der Waals surface area contributed by atoms with E-state index in [1.54, 1.807) is 12.1 Å². The van der Waals surface area contributed by atoms with Crippen LogP contribution in [0.25, 0.3) is 10.8 Å². The van der Waals surface area contributed by atoms with Gasteiger partial charge in [-0.2, -0.15) is 0 Å². The maximum atomic E-state index is 11.9. The van der Waals surface area contributed by atoms with Crippen molar-refractivity contribution in [2.75, 3.05) is 0 Å². The van der Waals surface area contributed by atoms with Crippen LogP contribution in [0.2, 0.25) is 0 Å². The normalized spacial score (nSPS) is 17.1. The summed E-state index contributed by atoms with van der Waals surface area (Å²) < 4.78 is 5.41. The molecule has 3 aromatic rings. The maximum Gasteiger partial charge on any atom is 0.312 e. The number of phenols is 1. The van der Waals surface area contributed by atoms with Crippen molar-refractivity contribution in [3.05, 3.63) is 71.8 Å². The van der Waals surface area contributed by atoms with Crippen LogP contribution >= 0.6 is 0 Å². The molecule has 0 bridgehead atoms. The van der Waals surface area contributed by atoms with Crippen molar-refractivity contribution in [3.63, 3.8) is 0 Å². The Morgan fingerprint density at radius 1 is 1.00 bits per heavy atom. The van der Waals surface area contributed by atoms with E-state index in [-0.39, 0.29) is 17.6 Å². The summed E-state index contributed by atoms with van der Waals surface area (Å²) in [7, 11) is 0. The van der Waals surface area contributed by atoms with Gasteiger partial charge in [0.25, 0.3) is 0 Å². The molecular formula is C19H14O3. The van der Waals surface area contributed by atoms with E-state index < -0.39 is 0 Å². The third kappa shape index (κ3) is 2.02. The van der Waals surface area contributed by atoms with E-state index >= 15 is 0 Å². The van der Waals surface area contributed by atoms with E-state index in [1.807, 2.05) is 48.5 Å². The smallest absolute Gasteiger partial charge is 0.312 e. The summed E-state index contributed by atoms with van der Waals surface area (Å²) in [6.45, 7) is 0. The van der Waals surface area contributed by atoms with Gasteiger partial charge in [0.1, 0.15) is 11.5 Å². The van der Waals surface area contributed by atoms with Crippen molar-refractivity contribution in [3.8, 4) is 11.5 Å². The summed E-state index contributed by atoms with van der Waals surface area (Å²) in [6, 6.07) is 19.0. The summed E-state index contributed by atoms with van der Waals surface area (Å²) in [5, 5.41) is 11.8. The van der Waals surface area contributed by atoms with Crippen LogP contribution in [0.4, 0.5) is 0 Å². The highest BCUT2D eigenvalue weighted by molar-refractivity contribution is 5.93. The highest BCUT2D eigenvalue weighted by Gasteiger charge is 2.30. The molecule has 1 atom stereocenters. The number of benzene rings is 3. The van der Waals surface area contributed by atoms with Crippen molar-refractivity contribution < 1.29 is 14.6 Å². The first-order chi connectivity index (χ1) is 10.7. The summed E-state index contributed by atoms with van der Waals surface area (Å²) >= 11 is 0. The molecule has 3 nitrogen and oxygen atoms in total. The second-order valence-corrected chi connectivity index (χ2v) is 5.52. The number of esters is 1. The Labute approximate surface area is 127 Å². The molecule has 0 spiro atoms. The molecule has 1 aliphatic heterocycles. The van der Waals surface area contributed by atoms with Crippen LogP contribution in [-0.2, 0) is 4.79 Å². The van der Waals surface area contributed by atoms with Gasteiger partial charge < -0.3 is 9.84 Å². The third-order valence-electron chi connectivity index (χ3n) is 4.15. The van der Waals surface area contributed by atoms with E-state index in [0.717, 1.165) is 21.9 Å². The topological polar surface area (TPSA) is 46.5 Å². The van der Waals surface area contributed by atoms with E-state index in [1.165, 1.54) is 0 Å². The second-order valence-electron chi connectivity index (χ2n) is 5.52. The first-order valence-corrected chi connectivity index (χ1v) is 7.23. The fraction of sp³-hybridized carbons (Fsp3) is 0.105. The summed E-state index contributed by atoms with van der Waals surface area (Å²) in [5.41, 5.74) is 2.05. The molecule has 0 aliphatic carbocycles. The van der Waals surface area contributed by atoms with Gasteiger partial charge in [0, 0.05) is 11.5 Å². The summed E-state index contributed by atoms with van der Waals surface area (Å²) in [5.74, 6) is 0.525. The van der Waals surface area contributed by atoms with Gasteiger partial charge in [0.2, 0.25) is 0 Å². The lowest BCUT2D eigenvalue weighted by Gasteiger charge is -2.26. The van der Waals surface area contributed by atoms with Crippen LogP contribution in [0.3, 0.4) is 0 Å². The van der Waals surface area contributed by atoms with Gasteiger partial charge in [-0.25, -0.2) is 0 Å². The third-order valence-corrected chi connectivity index (χ3v) is 4.15. The highest BCUT2D eigenvalue weighted by Crippen LogP contribution is 2.43. The number of rotatable bonds is 1. The largest absolute Gasteiger partial charge is 0.508 e. The fourth-order valence-electron chi connectivity index (χ4n) is 3.16. The number of carbonyl (C=O) groups excluding carboxylic acids is 1. The van der Waals surface area contributed by atoms with E-state index in [4.69, 9.17) is 4.74 Å². The number of aromatic hydroxyl groups is 1. The Balaban J connectivity index is 2.01. The zero-order valence-electron chi connectivity index (χ0n) is 11.8. The van der Waals surface area contributed by atoms with Gasteiger partial charge >= 0.3 is 5.97 Å². The molecule has 0 saturated carbocycles. The molecule has 0 radical (unpaired) electrons. The molecular weight excluding hydrogens is 276 g/mol. The van der Waals surface area contributed by atoms with E-state index in [9.17, 15) is 9.90 Å². The predicted molar refractivity (Wildman–Crippen MR) is 84.1 cm³/mol. The number of hydrogen-bond acceptors (Lipinski definition) is 3. The molecule has 22 heavy (non-hydrogen) atoms. The van der Waals surface area contributed by atoms with Gasteiger partial charge in [-0.05, 0) is 34.5 Å². The van der Waals surface area contributed by atoms with E-state index in [0.29, 0.717) is 12.2 Å². The van der Waals surface area contributed by atoms with Crippen LogP contribution in [-0.4, -0.2) is 11.1 Å². The van der Waals surface area contributed by atoms with Crippen molar-refractivity contribution in [1.82, 2.24) is 0 Å². The number of fused-ring (bicyclic) bond motifs is 3.